The lowest BCUT2D eigenvalue weighted by atomic mass is 9.85. The molecule has 2 fully saturated rings. The molecule has 6 nitrogen and oxygen atoms in total. The Balaban J connectivity index is 1.95. The number of carbonyl (C=O) groups excluding carboxylic acids is 1. The number of aliphatic hydroxyl groups excluding tert-OH is 1. The summed E-state index contributed by atoms with van der Waals surface area (Å²) in [5, 5.41) is 32.5. The summed E-state index contributed by atoms with van der Waals surface area (Å²) < 4.78 is 5.12. The van der Waals surface area contributed by atoms with Crippen LogP contribution in [0.5, 0.6) is 0 Å². The topological polar surface area (TPSA) is 89.8 Å². The molecule has 0 bridgehead atoms. The van der Waals surface area contributed by atoms with Gasteiger partial charge in [-0.2, -0.15) is 0 Å². The minimum atomic E-state index is -1.89. The van der Waals surface area contributed by atoms with Crippen molar-refractivity contribution in [2.24, 2.45) is 11.8 Å². The average molecular weight is 301 g/mol. The number of hydroxylamine groups is 3. The van der Waals surface area contributed by atoms with Gasteiger partial charge in [0.05, 0.1) is 31.2 Å². The molecule has 6 heteroatoms. The van der Waals surface area contributed by atoms with Gasteiger partial charge in [0, 0.05) is 19.3 Å². The lowest BCUT2D eigenvalue weighted by Crippen LogP contribution is -2.53. The zero-order chi connectivity index (χ0) is 15.8. The molecule has 0 spiro atoms. The summed E-state index contributed by atoms with van der Waals surface area (Å²) in [6.07, 6.45) is 1.38. The molecule has 122 valence electrons. The Hall–Kier alpha value is -0.690. The molecule has 0 radical (unpaired) electrons. The number of esters is 1. The molecule has 0 aromatic heterocycles. The summed E-state index contributed by atoms with van der Waals surface area (Å²) in [4.78, 5) is 12.2. The van der Waals surface area contributed by atoms with Gasteiger partial charge < -0.3 is 24.8 Å². The predicted octanol–water partition coefficient (Wildman–Crippen LogP) is 0.794. The molecular weight excluding hydrogens is 274 g/mol. The number of fused-ring (bicyclic) bond motifs is 1. The van der Waals surface area contributed by atoms with E-state index in [9.17, 15) is 20.2 Å². The highest BCUT2D eigenvalue weighted by Crippen LogP contribution is 2.39. The molecule has 2 heterocycles. The standard InChI is InChI=1S/C15H27NO5/c1-10(2)15(19,11(3)17)14(18)21-9-12-6-8-16(20)7-4-5-13(12)16/h10-13,17,19H,4-9H2,1-3H3/t11-,12-,13-,15-,16?/m0/s1. The highest BCUT2D eigenvalue weighted by atomic mass is 16.6. The molecule has 2 aliphatic heterocycles. The SMILES string of the molecule is CC(C)[C@@](O)(C(=O)OC[C@@H]1CC[N+]2([O-])CCC[C@@H]12)[C@H](C)O. The third-order valence-corrected chi connectivity index (χ3v) is 5.34. The maximum absolute atomic E-state index is 12.4. The Morgan fingerprint density at radius 1 is 1.38 bits per heavy atom. The quantitative estimate of drug-likeness (QED) is 0.445. The van der Waals surface area contributed by atoms with Gasteiger partial charge in [-0.3, -0.25) is 0 Å². The highest BCUT2D eigenvalue weighted by Gasteiger charge is 2.49. The summed E-state index contributed by atoms with van der Waals surface area (Å²) in [5.41, 5.74) is -1.89. The fourth-order valence-corrected chi connectivity index (χ4v) is 3.82. The van der Waals surface area contributed by atoms with E-state index in [1.807, 2.05) is 0 Å². The summed E-state index contributed by atoms with van der Waals surface area (Å²) in [6.45, 7) is 6.14. The van der Waals surface area contributed by atoms with Crippen LogP contribution in [0.3, 0.4) is 0 Å². The molecule has 21 heavy (non-hydrogen) atoms. The van der Waals surface area contributed by atoms with E-state index < -0.39 is 23.6 Å². The summed E-state index contributed by atoms with van der Waals surface area (Å²) >= 11 is 0. The second-order valence-electron chi connectivity index (χ2n) is 6.91. The van der Waals surface area contributed by atoms with Gasteiger partial charge in [-0.15, -0.1) is 0 Å². The Kier molecular flexibility index (Phi) is 4.63. The van der Waals surface area contributed by atoms with Crippen molar-refractivity contribution in [1.82, 2.24) is 0 Å². The monoisotopic (exact) mass is 301 g/mol. The van der Waals surface area contributed by atoms with Crippen LogP contribution >= 0.6 is 0 Å². The highest BCUT2D eigenvalue weighted by molar-refractivity contribution is 5.80. The number of rotatable bonds is 5. The van der Waals surface area contributed by atoms with Crippen molar-refractivity contribution < 1.29 is 24.4 Å². The average Bonchev–Trinajstić information content (AvgIpc) is 2.91. The molecule has 1 unspecified atom stereocenters. The van der Waals surface area contributed by atoms with Gasteiger partial charge in [0.15, 0.2) is 5.60 Å². The van der Waals surface area contributed by atoms with Crippen LogP contribution in [0.15, 0.2) is 0 Å². The largest absolute Gasteiger partial charge is 0.633 e. The van der Waals surface area contributed by atoms with E-state index in [0.29, 0.717) is 13.1 Å². The van der Waals surface area contributed by atoms with E-state index in [0.717, 1.165) is 19.3 Å². The molecule has 2 N–H and O–H groups in total. The van der Waals surface area contributed by atoms with Crippen molar-refractivity contribution in [3.63, 3.8) is 0 Å². The Morgan fingerprint density at radius 2 is 2.05 bits per heavy atom. The molecule has 2 aliphatic rings. The number of aliphatic hydroxyl groups is 2. The minimum absolute atomic E-state index is 0.0245. The summed E-state index contributed by atoms with van der Waals surface area (Å²) in [7, 11) is 0. The van der Waals surface area contributed by atoms with E-state index in [2.05, 4.69) is 0 Å². The Labute approximate surface area is 125 Å². The van der Waals surface area contributed by atoms with Crippen molar-refractivity contribution in [2.45, 2.75) is 57.8 Å². The molecule has 0 amide bonds. The number of hydrogen-bond donors (Lipinski definition) is 2. The predicted molar refractivity (Wildman–Crippen MR) is 76.9 cm³/mol. The van der Waals surface area contributed by atoms with Crippen LogP contribution in [-0.2, 0) is 9.53 Å². The molecule has 0 saturated carbocycles. The van der Waals surface area contributed by atoms with E-state index in [-0.39, 0.29) is 23.2 Å². The lowest BCUT2D eigenvalue weighted by molar-refractivity contribution is -0.881. The molecule has 2 saturated heterocycles. The van der Waals surface area contributed by atoms with Crippen LogP contribution in [0.2, 0.25) is 0 Å². The summed E-state index contributed by atoms with van der Waals surface area (Å²) in [5.74, 6) is -1.17. The first kappa shape index (κ1) is 16.7. The second kappa shape index (κ2) is 5.83. The first-order chi connectivity index (χ1) is 9.71. The van der Waals surface area contributed by atoms with Crippen molar-refractivity contribution in [2.75, 3.05) is 19.7 Å². The number of carbonyl (C=O) groups is 1. The van der Waals surface area contributed by atoms with Gasteiger partial charge in [-0.25, -0.2) is 4.79 Å². The smallest absolute Gasteiger partial charge is 0.341 e. The maximum Gasteiger partial charge on any atom is 0.341 e. The van der Waals surface area contributed by atoms with Crippen LogP contribution in [0.4, 0.5) is 0 Å². The van der Waals surface area contributed by atoms with Crippen molar-refractivity contribution in [3.05, 3.63) is 5.21 Å². The van der Waals surface area contributed by atoms with Gasteiger partial charge in [0.1, 0.15) is 6.61 Å². The van der Waals surface area contributed by atoms with Gasteiger partial charge in [0.2, 0.25) is 0 Å². The molecule has 2 rings (SSSR count). The van der Waals surface area contributed by atoms with Gasteiger partial charge >= 0.3 is 5.97 Å². The first-order valence-corrected chi connectivity index (χ1v) is 7.87. The van der Waals surface area contributed by atoms with Crippen LogP contribution in [0.25, 0.3) is 0 Å². The zero-order valence-corrected chi connectivity index (χ0v) is 13.1. The van der Waals surface area contributed by atoms with Crippen molar-refractivity contribution in [3.8, 4) is 0 Å². The third-order valence-electron chi connectivity index (χ3n) is 5.34. The van der Waals surface area contributed by atoms with Crippen LogP contribution in [0, 0.1) is 17.0 Å². The minimum Gasteiger partial charge on any atom is -0.633 e. The third kappa shape index (κ3) is 2.82. The second-order valence-corrected chi connectivity index (χ2v) is 6.91. The fourth-order valence-electron chi connectivity index (χ4n) is 3.82. The van der Waals surface area contributed by atoms with Crippen LogP contribution in [-0.4, -0.2) is 58.3 Å². The fraction of sp³-hybridized carbons (Fsp3) is 0.933. The molecule has 0 aromatic carbocycles. The maximum atomic E-state index is 12.4. The van der Waals surface area contributed by atoms with E-state index in [1.54, 1.807) is 13.8 Å². The zero-order valence-electron chi connectivity index (χ0n) is 13.1. The molecule has 0 aliphatic carbocycles. The number of hydrogen-bond acceptors (Lipinski definition) is 5. The van der Waals surface area contributed by atoms with Gasteiger partial charge in [-0.1, -0.05) is 13.8 Å². The van der Waals surface area contributed by atoms with E-state index in [1.165, 1.54) is 6.92 Å². The molecule has 0 aromatic rings. The number of nitrogens with zero attached hydrogens (tertiary/aromatic N) is 1. The van der Waals surface area contributed by atoms with Crippen molar-refractivity contribution in [1.29, 1.82) is 0 Å². The molecule has 5 atom stereocenters. The molecular formula is C15H27NO5. The van der Waals surface area contributed by atoms with E-state index >= 15 is 0 Å². The lowest BCUT2D eigenvalue weighted by Gasteiger charge is -2.40. The summed E-state index contributed by atoms with van der Waals surface area (Å²) in [6, 6.07) is 0.0245. The van der Waals surface area contributed by atoms with Gasteiger partial charge in [-0.05, 0) is 12.8 Å². The van der Waals surface area contributed by atoms with Crippen LogP contribution in [0.1, 0.15) is 40.0 Å². The number of quaternary nitrogens is 1. The van der Waals surface area contributed by atoms with Gasteiger partial charge in [0.25, 0.3) is 0 Å². The normalized spacial score (nSPS) is 36.3. The van der Waals surface area contributed by atoms with Crippen LogP contribution < -0.4 is 0 Å². The Morgan fingerprint density at radius 3 is 2.62 bits per heavy atom. The Bertz CT molecular complexity index is 390. The van der Waals surface area contributed by atoms with Crippen molar-refractivity contribution >= 4 is 5.97 Å². The number of ether oxygens (including phenoxy) is 1. The van der Waals surface area contributed by atoms with E-state index in [4.69, 9.17) is 4.74 Å². The first-order valence-electron chi connectivity index (χ1n) is 7.87.